The molecule has 0 radical (unpaired) electrons. The molecule has 0 rings (SSSR count). The molecule has 0 aliphatic rings. The number of unbranched alkanes of at least 4 members (excludes halogenated alkanes) is 15. The van der Waals surface area contributed by atoms with Gasteiger partial charge in [-0.1, -0.05) is 117 Å². The van der Waals surface area contributed by atoms with Crippen LogP contribution in [0.25, 0.3) is 0 Å². The van der Waals surface area contributed by atoms with Crippen molar-refractivity contribution >= 4 is 0 Å². The number of aliphatic hydroxyl groups excluding tert-OH is 2. The van der Waals surface area contributed by atoms with E-state index in [1.54, 1.807) is 0 Å². The van der Waals surface area contributed by atoms with Crippen LogP contribution in [-0.4, -0.2) is 22.9 Å². The summed E-state index contributed by atoms with van der Waals surface area (Å²) in [6, 6.07) is 0. The van der Waals surface area contributed by atoms with Gasteiger partial charge in [0.25, 0.3) is 0 Å². The van der Waals surface area contributed by atoms with E-state index in [0.29, 0.717) is 0 Å². The van der Waals surface area contributed by atoms with Gasteiger partial charge in [-0.3, -0.25) is 0 Å². The molecule has 0 bridgehead atoms. The van der Waals surface area contributed by atoms with Crippen LogP contribution < -0.4 is 0 Å². The molecule has 2 nitrogen and oxygen atoms in total. The van der Waals surface area contributed by atoms with E-state index in [1.807, 2.05) is 6.92 Å². The summed E-state index contributed by atoms with van der Waals surface area (Å²) >= 11 is 0. The second-order valence-corrected chi connectivity index (χ2v) is 7.82. The fourth-order valence-corrected chi connectivity index (χ4v) is 3.39. The van der Waals surface area contributed by atoms with Crippen molar-refractivity contribution in [3.05, 3.63) is 0 Å². The molecular weight excluding hydrogens is 296 g/mol. The van der Waals surface area contributed by atoms with Gasteiger partial charge in [-0.25, -0.2) is 0 Å². The van der Waals surface area contributed by atoms with Crippen LogP contribution in [0.2, 0.25) is 0 Å². The smallest absolute Gasteiger partial charge is 0.0796 e. The summed E-state index contributed by atoms with van der Waals surface area (Å²) in [5.74, 6) is 0.238. The summed E-state index contributed by atoms with van der Waals surface area (Å²) < 4.78 is 0. The van der Waals surface area contributed by atoms with E-state index in [4.69, 9.17) is 5.11 Å². The number of hydrogen-bond acceptors (Lipinski definition) is 2. The molecule has 0 aromatic rings. The standard InChI is InChI=1S/C22H46O2/c1-3-4-5-6-7-8-9-10-11-12-13-14-15-16-17-18-19-21(2)22(24)20-23/h21-24H,3-20H2,1-2H3. The highest BCUT2D eigenvalue weighted by molar-refractivity contribution is 4.63. The van der Waals surface area contributed by atoms with Crippen molar-refractivity contribution in [2.24, 2.45) is 5.92 Å². The Balaban J connectivity index is 3.08. The third kappa shape index (κ3) is 16.8. The van der Waals surface area contributed by atoms with Gasteiger partial charge in [-0.2, -0.15) is 0 Å². The van der Waals surface area contributed by atoms with Crippen LogP contribution >= 0.6 is 0 Å². The van der Waals surface area contributed by atoms with Gasteiger partial charge in [0.15, 0.2) is 0 Å². The third-order valence-electron chi connectivity index (χ3n) is 5.36. The molecular formula is C22H46O2. The van der Waals surface area contributed by atoms with Crippen molar-refractivity contribution in [2.75, 3.05) is 6.61 Å². The Labute approximate surface area is 152 Å². The SMILES string of the molecule is CCCCCCCCCCCCCCCCCCC(C)C(O)CO. The van der Waals surface area contributed by atoms with Gasteiger partial charge in [-0.15, -0.1) is 0 Å². The van der Waals surface area contributed by atoms with Crippen molar-refractivity contribution in [3.63, 3.8) is 0 Å². The summed E-state index contributed by atoms with van der Waals surface area (Å²) in [6.07, 6.45) is 22.8. The van der Waals surface area contributed by atoms with Crippen molar-refractivity contribution in [1.29, 1.82) is 0 Å². The number of aliphatic hydroxyl groups is 2. The lowest BCUT2D eigenvalue weighted by Gasteiger charge is -2.15. The molecule has 0 fully saturated rings. The summed E-state index contributed by atoms with van der Waals surface area (Å²) in [5, 5.41) is 18.4. The minimum Gasteiger partial charge on any atom is -0.394 e. The van der Waals surface area contributed by atoms with Crippen LogP contribution in [0, 0.1) is 5.92 Å². The molecule has 146 valence electrons. The van der Waals surface area contributed by atoms with Crippen molar-refractivity contribution in [2.45, 2.75) is 129 Å². The van der Waals surface area contributed by atoms with Gasteiger partial charge in [0.2, 0.25) is 0 Å². The Hall–Kier alpha value is -0.0800. The second kappa shape index (κ2) is 19.2. The molecule has 2 unspecified atom stereocenters. The van der Waals surface area contributed by atoms with Crippen LogP contribution in [0.3, 0.4) is 0 Å². The fraction of sp³-hybridized carbons (Fsp3) is 1.00. The summed E-state index contributed by atoms with van der Waals surface area (Å²) in [6.45, 7) is 4.22. The second-order valence-electron chi connectivity index (χ2n) is 7.82. The molecule has 0 saturated heterocycles. The lowest BCUT2D eigenvalue weighted by atomic mass is 9.97. The van der Waals surface area contributed by atoms with Crippen molar-refractivity contribution < 1.29 is 10.2 Å². The summed E-state index contributed by atoms with van der Waals surface area (Å²) in [7, 11) is 0. The molecule has 2 N–H and O–H groups in total. The first-order valence-electron chi connectivity index (χ1n) is 11.0. The molecule has 0 heterocycles. The van der Waals surface area contributed by atoms with E-state index in [0.717, 1.165) is 6.42 Å². The fourth-order valence-electron chi connectivity index (χ4n) is 3.39. The van der Waals surface area contributed by atoms with Gasteiger partial charge >= 0.3 is 0 Å². The average molecular weight is 343 g/mol. The monoisotopic (exact) mass is 342 g/mol. The first-order valence-corrected chi connectivity index (χ1v) is 11.0. The molecule has 0 saturated carbocycles. The van der Waals surface area contributed by atoms with Crippen LogP contribution in [-0.2, 0) is 0 Å². The Bertz CT molecular complexity index is 230. The van der Waals surface area contributed by atoms with E-state index in [-0.39, 0.29) is 12.5 Å². The van der Waals surface area contributed by atoms with Gasteiger partial charge < -0.3 is 10.2 Å². The van der Waals surface area contributed by atoms with E-state index in [2.05, 4.69) is 6.92 Å². The zero-order valence-electron chi connectivity index (χ0n) is 16.8. The third-order valence-corrected chi connectivity index (χ3v) is 5.36. The highest BCUT2D eigenvalue weighted by Gasteiger charge is 2.11. The van der Waals surface area contributed by atoms with E-state index < -0.39 is 6.10 Å². The quantitative estimate of drug-likeness (QED) is 0.259. The first-order chi connectivity index (χ1) is 11.7. The molecule has 0 aromatic carbocycles. The Morgan fingerprint density at radius 3 is 1.25 bits per heavy atom. The number of hydrogen-bond donors (Lipinski definition) is 2. The Kier molecular flexibility index (Phi) is 19.2. The Morgan fingerprint density at radius 2 is 0.917 bits per heavy atom. The maximum Gasteiger partial charge on any atom is 0.0796 e. The average Bonchev–Trinajstić information content (AvgIpc) is 2.60. The first kappa shape index (κ1) is 23.9. The Morgan fingerprint density at radius 1 is 0.583 bits per heavy atom. The maximum absolute atomic E-state index is 9.50. The molecule has 0 amide bonds. The predicted octanol–water partition coefficient (Wildman–Crippen LogP) is 6.63. The van der Waals surface area contributed by atoms with Crippen LogP contribution in [0.1, 0.15) is 123 Å². The highest BCUT2D eigenvalue weighted by atomic mass is 16.3. The van der Waals surface area contributed by atoms with E-state index in [1.165, 1.54) is 103 Å². The van der Waals surface area contributed by atoms with E-state index >= 15 is 0 Å². The molecule has 0 aliphatic heterocycles. The maximum atomic E-state index is 9.50. The van der Waals surface area contributed by atoms with Crippen LogP contribution in [0.15, 0.2) is 0 Å². The minimum atomic E-state index is -0.527. The molecule has 0 spiro atoms. The minimum absolute atomic E-state index is 0.0972. The largest absolute Gasteiger partial charge is 0.394 e. The zero-order chi connectivity index (χ0) is 17.9. The normalized spacial score (nSPS) is 14.0. The lowest BCUT2D eigenvalue weighted by Crippen LogP contribution is -2.21. The molecule has 0 aliphatic carbocycles. The van der Waals surface area contributed by atoms with Gasteiger partial charge in [0.05, 0.1) is 12.7 Å². The van der Waals surface area contributed by atoms with Gasteiger partial charge in [-0.05, 0) is 12.3 Å². The van der Waals surface area contributed by atoms with Gasteiger partial charge in [0, 0.05) is 0 Å². The van der Waals surface area contributed by atoms with Crippen LogP contribution in [0.4, 0.5) is 0 Å². The zero-order valence-corrected chi connectivity index (χ0v) is 16.8. The van der Waals surface area contributed by atoms with Crippen LogP contribution in [0.5, 0.6) is 0 Å². The lowest BCUT2D eigenvalue weighted by molar-refractivity contribution is 0.0495. The van der Waals surface area contributed by atoms with Gasteiger partial charge in [0.1, 0.15) is 0 Å². The number of rotatable bonds is 19. The topological polar surface area (TPSA) is 40.5 Å². The molecule has 2 heteroatoms. The molecule has 2 atom stereocenters. The molecule has 24 heavy (non-hydrogen) atoms. The van der Waals surface area contributed by atoms with Crippen molar-refractivity contribution in [3.8, 4) is 0 Å². The predicted molar refractivity (Wildman–Crippen MR) is 106 cm³/mol. The highest BCUT2D eigenvalue weighted by Crippen LogP contribution is 2.16. The summed E-state index contributed by atoms with van der Waals surface area (Å²) in [5.41, 5.74) is 0. The molecule has 0 aromatic heterocycles. The summed E-state index contributed by atoms with van der Waals surface area (Å²) in [4.78, 5) is 0. The van der Waals surface area contributed by atoms with Crippen molar-refractivity contribution in [1.82, 2.24) is 0 Å². The van der Waals surface area contributed by atoms with E-state index in [9.17, 15) is 5.11 Å².